The third-order valence-electron chi connectivity index (χ3n) is 10.3. The number of rotatable bonds is 4. The van der Waals surface area contributed by atoms with Crippen molar-refractivity contribution in [2.75, 3.05) is 0 Å². The summed E-state index contributed by atoms with van der Waals surface area (Å²) in [7, 11) is 0. The van der Waals surface area contributed by atoms with Gasteiger partial charge in [0.1, 0.15) is 11.5 Å². The van der Waals surface area contributed by atoms with Crippen LogP contribution < -0.4 is 25.9 Å². The molecule has 0 fully saturated rings. The molecule has 0 bridgehead atoms. The summed E-state index contributed by atoms with van der Waals surface area (Å²) in [5.41, 5.74) is 15.4. The topological polar surface area (TPSA) is 44.2 Å². The summed E-state index contributed by atoms with van der Waals surface area (Å²) in [4.78, 5) is 9.23. The second-order valence-electron chi connectivity index (χ2n) is 13.7. The molecule has 0 atom stereocenters. The monoisotopic (exact) mass is 887 g/mol. The van der Waals surface area contributed by atoms with E-state index in [-0.39, 0.29) is 26.8 Å². The van der Waals surface area contributed by atoms with Gasteiger partial charge in [-0.25, -0.2) is 0 Å². The van der Waals surface area contributed by atoms with E-state index in [0.29, 0.717) is 0 Å². The minimum absolute atomic E-state index is 0. The molecule has 2 aliphatic rings. The molecule has 0 N–H and O–H groups in total. The summed E-state index contributed by atoms with van der Waals surface area (Å²) in [6.07, 6.45) is 3.78. The molecule has 0 unspecified atom stereocenters. The number of hydrogen-bond acceptors (Lipinski definition) is 4. The fourth-order valence-electron chi connectivity index (χ4n) is 7.30. The van der Waals surface area contributed by atoms with Crippen LogP contribution in [-0.4, -0.2) is 16.7 Å². The normalized spacial score (nSPS) is 11.7. The fraction of sp³-hybridized carbons (Fsp3) is 0.0612. The Morgan fingerprint density at radius 3 is 1.89 bits per heavy atom. The number of nitrogens with zero attached hydrogens (tertiary/aromatic N) is 2. The zero-order valence-electron chi connectivity index (χ0n) is 30.6. The van der Waals surface area contributed by atoms with Gasteiger partial charge in [0.15, 0.2) is 0 Å². The van der Waals surface area contributed by atoms with Gasteiger partial charge in [-0.2, -0.15) is 0 Å². The molecule has 0 aliphatic carbocycles. The van der Waals surface area contributed by atoms with Crippen LogP contribution in [0.3, 0.4) is 0 Å². The van der Waals surface area contributed by atoms with Crippen LogP contribution in [0.5, 0.6) is 23.0 Å². The molecule has 4 nitrogen and oxygen atoms in total. The molecule has 267 valence electrons. The maximum atomic E-state index is 6.52. The molecule has 2 aromatic heterocycles. The molecule has 1 radical (unpaired) electrons. The Bertz CT molecular complexity index is 2650. The number of hydrogen-bond donors (Lipinski definition) is 0. The van der Waals surface area contributed by atoms with Crippen LogP contribution in [0.2, 0.25) is 0 Å². The summed E-state index contributed by atoms with van der Waals surface area (Å²) in [5.74, 6) is 3.29. The quantitative estimate of drug-likeness (QED) is 0.131. The van der Waals surface area contributed by atoms with E-state index in [1.807, 2.05) is 73.1 Å². The Morgan fingerprint density at radius 2 is 1.18 bits per heavy atom. The average molecular weight is 887 g/mol. The smallest absolute Gasteiger partial charge is 0.239 e. The Balaban J connectivity index is 0.000000169. The predicted molar refractivity (Wildman–Crippen MR) is 220 cm³/mol. The Labute approximate surface area is 336 Å². The standard InChI is InChI=1S/C29H17BNO2.C20H18N.Ir/c1-2-8-19(9-3-1)20-16-17-31-24(18-20)21-14-15-27-28-29(21)33-26-13-7-5-11-23(26)30(28)22-10-4-6-12-25(22)32-27;1-14-9-10-18(20-11-15(2)16(3)13-21-20)12-19(14)17-7-5-4-6-8-17;/h1-13,15-18H;4-9,11-13H,1-3H3;/q2*-1;. The van der Waals surface area contributed by atoms with Crippen molar-refractivity contribution in [3.05, 3.63) is 187 Å². The molecule has 0 saturated heterocycles. The molecule has 0 spiro atoms. The van der Waals surface area contributed by atoms with Crippen molar-refractivity contribution in [2.45, 2.75) is 20.8 Å². The molecular weight excluding hydrogens is 852 g/mol. The molecule has 4 heterocycles. The van der Waals surface area contributed by atoms with Gasteiger partial charge >= 0.3 is 0 Å². The zero-order chi connectivity index (χ0) is 36.6. The van der Waals surface area contributed by atoms with E-state index < -0.39 is 0 Å². The summed E-state index contributed by atoms with van der Waals surface area (Å²) < 4.78 is 12.8. The van der Waals surface area contributed by atoms with Gasteiger partial charge in [-0.1, -0.05) is 138 Å². The van der Waals surface area contributed by atoms with E-state index in [9.17, 15) is 0 Å². The molecule has 6 aromatic carbocycles. The molecular formula is C49H35BIrN2O2-2. The maximum Gasteiger partial charge on any atom is 0.239 e. The molecule has 55 heavy (non-hydrogen) atoms. The van der Waals surface area contributed by atoms with Gasteiger partial charge in [0.05, 0.1) is 0 Å². The van der Waals surface area contributed by atoms with Gasteiger partial charge in [0.25, 0.3) is 0 Å². The van der Waals surface area contributed by atoms with E-state index in [2.05, 4.69) is 123 Å². The van der Waals surface area contributed by atoms with Crippen molar-refractivity contribution in [1.82, 2.24) is 9.97 Å². The number of benzene rings is 6. The summed E-state index contributed by atoms with van der Waals surface area (Å²) in [5, 5.41) is 0. The molecule has 0 amide bonds. The van der Waals surface area contributed by atoms with Gasteiger partial charge in [-0.05, 0) is 76.6 Å². The van der Waals surface area contributed by atoms with Crippen molar-refractivity contribution in [1.29, 1.82) is 0 Å². The molecule has 8 aromatic rings. The Kier molecular flexibility index (Phi) is 10.0. The maximum absolute atomic E-state index is 6.52. The number of aryl methyl sites for hydroxylation is 3. The van der Waals surface area contributed by atoms with Crippen LogP contribution in [-0.2, 0) is 20.1 Å². The van der Waals surface area contributed by atoms with Crippen LogP contribution in [0.15, 0.2) is 158 Å². The van der Waals surface area contributed by atoms with Crippen LogP contribution in [0.4, 0.5) is 0 Å². The van der Waals surface area contributed by atoms with Crippen LogP contribution in [0, 0.1) is 32.9 Å². The summed E-state index contributed by atoms with van der Waals surface area (Å²) in [6, 6.07) is 56.4. The first-order valence-electron chi connectivity index (χ1n) is 18.2. The third kappa shape index (κ3) is 6.92. The van der Waals surface area contributed by atoms with E-state index in [0.717, 1.165) is 73.0 Å². The van der Waals surface area contributed by atoms with Gasteiger partial charge in [0.2, 0.25) is 6.71 Å². The van der Waals surface area contributed by atoms with Crippen LogP contribution in [0.25, 0.3) is 44.8 Å². The zero-order valence-corrected chi connectivity index (χ0v) is 33.0. The third-order valence-corrected chi connectivity index (χ3v) is 10.3. The van der Waals surface area contributed by atoms with E-state index in [4.69, 9.17) is 14.5 Å². The molecule has 2 aliphatic heterocycles. The van der Waals surface area contributed by atoms with Crippen LogP contribution in [0.1, 0.15) is 16.7 Å². The fourth-order valence-corrected chi connectivity index (χ4v) is 7.30. The minimum atomic E-state index is 0. The SMILES string of the molecule is Cc1cnc(-c2[c-]cc(C)c(-c3ccccc3)c2)cc1C.[Ir].[c-]1cc2c3c(c1-c1cc(-c4ccccc4)ccn1)Oc1ccccc1B3c1ccccc1O2. The van der Waals surface area contributed by atoms with E-state index in [1.54, 1.807) is 0 Å². The van der Waals surface area contributed by atoms with Crippen molar-refractivity contribution >= 4 is 23.1 Å². The summed E-state index contributed by atoms with van der Waals surface area (Å²) >= 11 is 0. The minimum Gasteiger partial charge on any atom is -0.503 e. The number of para-hydroxylation sites is 2. The van der Waals surface area contributed by atoms with Gasteiger partial charge in [0, 0.05) is 44.0 Å². The summed E-state index contributed by atoms with van der Waals surface area (Å²) in [6.45, 7) is 6.36. The molecule has 10 rings (SSSR count). The first kappa shape index (κ1) is 35.9. The molecule has 6 heteroatoms. The molecule has 0 saturated carbocycles. The van der Waals surface area contributed by atoms with Crippen molar-refractivity contribution in [3.63, 3.8) is 0 Å². The van der Waals surface area contributed by atoms with Gasteiger partial charge in [-0.3, -0.25) is 0 Å². The average Bonchev–Trinajstić information content (AvgIpc) is 3.23. The van der Waals surface area contributed by atoms with Crippen molar-refractivity contribution < 1.29 is 29.6 Å². The van der Waals surface area contributed by atoms with E-state index in [1.165, 1.54) is 27.8 Å². The number of ether oxygens (including phenoxy) is 2. The first-order chi connectivity index (χ1) is 26.5. The number of fused-ring (bicyclic) bond motifs is 4. The van der Waals surface area contributed by atoms with Crippen molar-refractivity contribution in [3.8, 4) is 67.8 Å². The van der Waals surface area contributed by atoms with Crippen molar-refractivity contribution in [2.24, 2.45) is 0 Å². The number of pyridine rings is 2. The Morgan fingerprint density at radius 1 is 0.527 bits per heavy atom. The van der Waals surface area contributed by atoms with E-state index >= 15 is 0 Å². The second-order valence-corrected chi connectivity index (χ2v) is 13.7. The number of aromatic nitrogens is 2. The second kappa shape index (κ2) is 15.4. The van der Waals surface area contributed by atoms with Gasteiger partial charge < -0.3 is 19.4 Å². The van der Waals surface area contributed by atoms with Gasteiger partial charge in [-0.15, -0.1) is 41.5 Å². The van der Waals surface area contributed by atoms with Crippen LogP contribution >= 0.6 is 0 Å². The first-order valence-corrected chi connectivity index (χ1v) is 18.2. The largest absolute Gasteiger partial charge is 0.503 e. The predicted octanol–water partition coefficient (Wildman–Crippen LogP) is 10.1. The Hall–Kier alpha value is -6.07.